The molecule has 1 aromatic carbocycles. The number of aromatic nitrogens is 2. The second kappa shape index (κ2) is 3.93. The number of aliphatic hydroxyl groups is 1. The van der Waals surface area contributed by atoms with Crippen LogP contribution in [0, 0.1) is 5.92 Å². The fraction of sp³-hybridized carbons (Fsp3) is 0.500. The van der Waals surface area contributed by atoms with Crippen molar-refractivity contribution < 1.29 is 9.74 Å². The smallest absolute Gasteiger partial charge is 0.158 e. The molecule has 2 heterocycles. The van der Waals surface area contributed by atoms with Gasteiger partial charge in [-0.25, -0.2) is 4.63 Å². The van der Waals surface area contributed by atoms with E-state index < -0.39 is 5.60 Å². The molecule has 0 spiro atoms. The molecule has 1 saturated heterocycles. The summed E-state index contributed by atoms with van der Waals surface area (Å²) in [6.07, 6.45) is 0. The highest BCUT2D eigenvalue weighted by molar-refractivity contribution is 9.10. The lowest BCUT2D eigenvalue weighted by Gasteiger charge is -2.46. The maximum Gasteiger partial charge on any atom is 0.158 e. The number of halogens is 1. The van der Waals surface area contributed by atoms with Crippen LogP contribution in [0.3, 0.4) is 0 Å². The minimum Gasteiger partial charge on any atom is -0.390 e. The maximum atomic E-state index is 9.95. The van der Waals surface area contributed by atoms with E-state index in [0.717, 1.165) is 34.3 Å². The van der Waals surface area contributed by atoms with E-state index in [0.29, 0.717) is 0 Å². The number of hydrogen-bond donors (Lipinski definition) is 1. The molecule has 18 heavy (non-hydrogen) atoms. The van der Waals surface area contributed by atoms with Crippen molar-refractivity contribution in [3.63, 3.8) is 0 Å². The molecule has 5 nitrogen and oxygen atoms in total. The summed E-state index contributed by atoms with van der Waals surface area (Å²) >= 11 is 3.46. The van der Waals surface area contributed by atoms with Crippen molar-refractivity contribution in [3.05, 3.63) is 16.6 Å². The van der Waals surface area contributed by atoms with Gasteiger partial charge in [0, 0.05) is 23.5 Å². The van der Waals surface area contributed by atoms with Gasteiger partial charge in [0.1, 0.15) is 5.52 Å². The standard InChI is InChI=1S/C12H14BrN3O2/c1-12(2,17)7-5-16(6-7)10-4-8(13)3-9-11(10)15-18-14-9/h3-4,7,17H,5-6H2,1-2H3. The second-order valence-electron chi connectivity index (χ2n) is 5.31. The predicted octanol–water partition coefficient (Wildman–Crippen LogP) is 2.19. The average Bonchev–Trinajstić information content (AvgIpc) is 2.59. The number of fused-ring (bicyclic) bond motifs is 1. The number of anilines is 1. The SMILES string of the molecule is CC(C)(O)C1CN(c2cc(Br)cc3nonc23)C1. The minimum atomic E-state index is -0.635. The Kier molecular flexibility index (Phi) is 2.60. The van der Waals surface area contributed by atoms with Crippen LogP contribution in [0.5, 0.6) is 0 Å². The van der Waals surface area contributed by atoms with Gasteiger partial charge in [-0.3, -0.25) is 0 Å². The van der Waals surface area contributed by atoms with Crippen LogP contribution in [0.4, 0.5) is 5.69 Å². The molecule has 0 radical (unpaired) electrons. The molecule has 0 amide bonds. The van der Waals surface area contributed by atoms with Gasteiger partial charge in [-0.2, -0.15) is 0 Å². The van der Waals surface area contributed by atoms with Gasteiger partial charge in [-0.05, 0) is 36.3 Å². The van der Waals surface area contributed by atoms with Crippen molar-refractivity contribution in [2.75, 3.05) is 18.0 Å². The Labute approximate surface area is 113 Å². The average molecular weight is 312 g/mol. The molecule has 1 fully saturated rings. The summed E-state index contributed by atoms with van der Waals surface area (Å²) < 4.78 is 5.73. The molecule has 3 rings (SSSR count). The van der Waals surface area contributed by atoms with Crippen LogP contribution in [0.1, 0.15) is 13.8 Å². The first-order valence-electron chi connectivity index (χ1n) is 5.84. The largest absolute Gasteiger partial charge is 0.390 e. The molecule has 6 heteroatoms. The summed E-state index contributed by atoms with van der Waals surface area (Å²) in [6, 6.07) is 3.88. The summed E-state index contributed by atoms with van der Waals surface area (Å²) in [5.74, 6) is 0.284. The second-order valence-corrected chi connectivity index (χ2v) is 6.23. The topological polar surface area (TPSA) is 62.4 Å². The molecule has 1 N–H and O–H groups in total. The third-order valence-corrected chi connectivity index (χ3v) is 3.98. The molecule has 0 atom stereocenters. The van der Waals surface area contributed by atoms with Gasteiger partial charge in [0.05, 0.1) is 11.3 Å². The van der Waals surface area contributed by atoms with Crippen molar-refractivity contribution in [2.45, 2.75) is 19.4 Å². The van der Waals surface area contributed by atoms with Crippen molar-refractivity contribution in [1.82, 2.24) is 10.3 Å². The maximum absolute atomic E-state index is 9.95. The highest BCUT2D eigenvalue weighted by Gasteiger charge is 2.38. The summed E-state index contributed by atoms with van der Waals surface area (Å²) in [5, 5.41) is 17.7. The van der Waals surface area contributed by atoms with Gasteiger partial charge < -0.3 is 10.0 Å². The molecule has 0 saturated carbocycles. The molecular formula is C12H14BrN3O2. The van der Waals surface area contributed by atoms with Gasteiger partial charge in [-0.15, -0.1) is 0 Å². The minimum absolute atomic E-state index is 0.284. The predicted molar refractivity (Wildman–Crippen MR) is 71.5 cm³/mol. The molecule has 0 bridgehead atoms. The van der Waals surface area contributed by atoms with Gasteiger partial charge in [0.25, 0.3) is 0 Å². The first kappa shape index (κ1) is 11.9. The van der Waals surface area contributed by atoms with Crippen LogP contribution < -0.4 is 4.90 Å². The molecular weight excluding hydrogens is 298 g/mol. The van der Waals surface area contributed by atoms with E-state index in [1.54, 1.807) is 0 Å². The quantitative estimate of drug-likeness (QED) is 0.921. The van der Waals surface area contributed by atoms with E-state index in [-0.39, 0.29) is 5.92 Å². The number of nitrogens with zero attached hydrogens (tertiary/aromatic N) is 3. The fourth-order valence-electron chi connectivity index (χ4n) is 2.20. The third kappa shape index (κ3) is 1.89. The summed E-state index contributed by atoms with van der Waals surface area (Å²) in [5.41, 5.74) is 1.88. The Bertz CT molecular complexity index is 585. The molecule has 1 aliphatic rings. The summed E-state index contributed by atoms with van der Waals surface area (Å²) in [4.78, 5) is 2.18. The lowest BCUT2D eigenvalue weighted by atomic mass is 9.84. The van der Waals surface area contributed by atoms with Crippen LogP contribution in [0.2, 0.25) is 0 Å². The zero-order valence-corrected chi connectivity index (χ0v) is 11.8. The molecule has 0 aliphatic carbocycles. The van der Waals surface area contributed by atoms with Crippen molar-refractivity contribution in [1.29, 1.82) is 0 Å². The zero-order chi connectivity index (χ0) is 12.9. The number of benzene rings is 1. The molecule has 96 valence electrons. The highest BCUT2D eigenvalue weighted by Crippen LogP contribution is 2.36. The molecule has 2 aromatic rings. The molecule has 1 aliphatic heterocycles. The van der Waals surface area contributed by atoms with Crippen LogP contribution >= 0.6 is 15.9 Å². The summed E-state index contributed by atoms with van der Waals surface area (Å²) in [6.45, 7) is 5.34. The van der Waals surface area contributed by atoms with Crippen LogP contribution in [0.15, 0.2) is 21.2 Å². The first-order valence-corrected chi connectivity index (χ1v) is 6.63. The van der Waals surface area contributed by atoms with Crippen molar-refractivity contribution in [2.24, 2.45) is 5.92 Å². The van der Waals surface area contributed by atoms with Crippen LogP contribution in [0.25, 0.3) is 11.0 Å². The van der Waals surface area contributed by atoms with Crippen molar-refractivity contribution >= 4 is 32.7 Å². The Morgan fingerprint density at radius 3 is 2.78 bits per heavy atom. The Hall–Kier alpha value is -1.14. The first-order chi connectivity index (χ1) is 8.45. The lowest BCUT2D eigenvalue weighted by molar-refractivity contribution is 0.00465. The van der Waals surface area contributed by atoms with Crippen LogP contribution in [-0.2, 0) is 0 Å². The molecule has 1 aromatic heterocycles. The Morgan fingerprint density at radius 2 is 2.11 bits per heavy atom. The molecule has 0 unspecified atom stereocenters. The Balaban J connectivity index is 1.90. The van der Waals surface area contributed by atoms with E-state index in [1.165, 1.54) is 0 Å². The third-order valence-electron chi connectivity index (χ3n) is 3.53. The normalized spacial score (nSPS) is 17.2. The van der Waals surface area contributed by atoms with Gasteiger partial charge in [0.2, 0.25) is 0 Å². The van der Waals surface area contributed by atoms with E-state index in [4.69, 9.17) is 4.63 Å². The van der Waals surface area contributed by atoms with Crippen molar-refractivity contribution in [3.8, 4) is 0 Å². The monoisotopic (exact) mass is 311 g/mol. The van der Waals surface area contributed by atoms with E-state index in [2.05, 4.69) is 31.1 Å². The van der Waals surface area contributed by atoms with E-state index in [1.807, 2.05) is 26.0 Å². The fourth-order valence-corrected chi connectivity index (χ4v) is 2.64. The van der Waals surface area contributed by atoms with E-state index in [9.17, 15) is 5.11 Å². The number of hydrogen-bond acceptors (Lipinski definition) is 5. The Morgan fingerprint density at radius 1 is 1.39 bits per heavy atom. The van der Waals surface area contributed by atoms with Gasteiger partial charge >= 0.3 is 0 Å². The lowest BCUT2D eigenvalue weighted by Crippen LogP contribution is -2.55. The number of rotatable bonds is 2. The summed E-state index contributed by atoms with van der Waals surface area (Å²) in [7, 11) is 0. The van der Waals surface area contributed by atoms with E-state index >= 15 is 0 Å². The zero-order valence-electron chi connectivity index (χ0n) is 10.2. The van der Waals surface area contributed by atoms with Gasteiger partial charge in [-0.1, -0.05) is 15.9 Å². The van der Waals surface area contributed by atoms with Crippen LogP contribution in [-0.4, -0.2) is 34.1 Å². The van der Waals surface area contributed by atoms with Gasteiger partial charge in [0.15, 0.2) is 5.52 Å². The highest BCUT2D eigenvalue weighted by atomic mass is 79.9.